The summed E-state index contributed by atoms with van der Waals surface area (Å²) in [5.41, 5.74) is 14.1. The second-order valence-corrected chi connectivity index (χ2v) is 21.7. The van der Waals surface area contributed by atoms with Gasteiger partial charge in [-0.3, -0.25) is 0 Å². The molecule has 3 fully saturated rings. The molecule has 10 nitrogen and oxygen atoms in total. The zero-order valence-corrected chi connectivity index (χ0v) is 32.6. The summed E-state index contributed by atoms with van der Waals surface area (Å²) in [7, 11) is -5.25. The fourth-order valence-electron chi connectivity index (χ4n) is 5.41. The first kappa shape index (κ1) is 36.7. The molecule has 3 aliphatic rings. The Morgan fingerprint density at radius 3 is 1.75 bits per heavy atom. The lowest BCUT2D eigenvalue weighted by Gasteiger charge is -2.32. The molecule has 258 valence electrons. The molecule has 1 saturated heterocycles. The smallest absolute Gasteiger partial charge is 0.399 e. The number of anilines is 2. The van der Waals surface area contributed by atoms with Crippen LogP contribution in [0.1, 0.15) is 65.5 Å². The maximum Gasteiger partial charge on any atom is 0.494 e. The number of halogens is 1. The fraction of sp³-hybridized carbons (Fsp3) is 0.471. The minimum atomic E-state index is -2.42. The quantitative estimate of drug-likeness (QED) is 0.129. The number of hydrogen-bond acceptors (Lipinski definition) is 8. The summed E-state index contributed by atoms with van der Waals surface area (Å²) >= 11 is 3.36. The highest BCUT2D eigenvalue weighted by atomic mass is 79.9. The van der Waals surface area contributed by atoms with Gasteiger partial charge in [0.25, 0.3) is 0 Å². The van der Waals surface area contributed by atoms with Gasteiger partial charge in [-0.05, 0) is 132 Å². The molecule has 0 unspecified atom stereocenters. The van der Waals surface area contributed by atoms with Crippen LogP contribution in [0.3, 0.4) is 0 Å². The molecule has 0 atom stereocenters. The average molecular weight is 757 g/mol. The Morgan fingerprint density at radius 1 is 0.771 bits per heavy atom. The number of hydrogen-bond donors (Lipinski definition) is 2. The minimum absolute atomic E-state index is 0.388. The van der Waals surface area contributed by atoms with Crippen LogP contribution in [-0.4, -0.2) is 64.1 Å². The van der Waals surface area contributed by atoms with Crippen LogP contribution in [0.2, 0.25) is 0 Å². The van der Waals surface area contributed by atoms with E-state index in [1.165, 1.54) is 25.7 Å². The molecule has 0 spiro atoms. The third kappa shape index (κ3) is 8.39. The predicted molar refractivity (Wildman–Crippen MR) is 203 cm³/mol. The van der Waals surface area contributed by atoms with Gasteiger partial charge < -0.3 is 39.0 Å². The summed E-state index contributed by atoms with van der Waals surface area (Å²) < 4.78 is 41.9. The van der Waals surface area contributed by atoms with Crippen molar-refractivity contribution in [2.45, 2.75) is 76.7 Å². The molecular formula is C34H48BBrN6O4P2. The monoisotopic (exact) mass is 756 g/mol. The first-order chi connectivity index (χ1) is 22.3. The summed E-state index contributed by atoms with van der Waals surface area (Å²) in [4.78, 5) is 8.49. The van der Waals surface area contributed by atoms with Gasteiger partial charge in [-0.25, -0.2) is 9.97 Å². The maximum absolute atomic E-state index is 12.3. The Labute approximate surface area is 293 Å². The number of nitrogen functional groups attached to an aromatic ring is 2. The van der Waals surface area contributed by atoms with Gasteiger partial charge >= 0.3 is 7.12 Å². The summed E-state index contributed by atoms with van der Waals surface area (Å²) in [5.74, 6) is 0.942. The summed E-state index contributed by atoms with van der Waals surface area (Å²) in [6.45, 7) is 15.0. The van der Waals surface area contributed by atoms with Crippen molar-refractivity contribution in [2.24, 2.45) is 0 Å². The van der Waals surface area contributed by atoms with Crippen molar-refractivity contribution in [3.63, 3.8) is 0 Å². The molecule has 0 radical (unpaired) electrons. The zero-order chi connectivity index (χ0) is 35.2. The van der Waals surface area contributed by atoms with Crippen molar-refractivity contribution in [1.82, 2.24) is 19.1 Å². The molecular weight excluding hydrogens is 709 g/mol. The maximum atomic E-state index is 12.3. The van der Waals surface area contributed by atoms with E-state index in [2.05, 4.69) is 35.0 Å². The van der Waals surface area contributed by atoms with Gasteiger partial charge in [0.15, 0.2) is 4.73 Å². The highest BCUT2D eigenvalue weighted by Gasteiger charge is 2.51. The van der Waals surface area contributed by atoms with Crippen molar-refractivity contribution in [3.05, 3.63) is 65.9 Å². The Kier molecular flexibility index (Phi) is 10.4. The van der Waals surface area contributed by atoms with Crippen LogP contribution in [0.25, 0.3) is 11.4 Å². The minimum Gasteiger partial charge on any atom is -0.399 e. The van der Waals surface area contributed by atoms with Crippen molar-refractivity contribution in [2.75, 3.05) is 38.1 Å². The van der Waals surface area contributed by atoms with Crippen molar-refractivity contribution in [3.8, 4) is 11.4 Å². The summed E-state index contributed by atoms with van der Waals surface area (Å²) in [6.07, 6.45) is 12.7. The predicted octanol–water partition coefficient (Wildman–Crippen LogP) is 6.51. The van der Waals surface area contributed by atoms with E-state index in [0.717, 1.165) is 32.9 Å². The highest BCUT2D eigenvalue weighted by Crippen LogP contribution is 2.41. The Hall–Kier alpha value is -2.62. The van der Waals surface area contributed by atoms with Gasteiger partial charge in [-0.2, -0.15) is 0 Å². The molecule has 2 aromatic carbocycles. The molecule has 2 aliphatic carbocycles. The van der Waals surface area contributed by atoms with E-state index >= 15 is 0 Å². The standard InChI is InChI=1S/C14H23BNO3P.C14H18N3OP.C6H7BrN2/c1-13(2)14(3,4)19-15(18-13)10-7-8-11(16)12(9-10)20(5,6)17;1-19(2,18)13-9-10(3-6-12(13)15)14-16-7-8-17(14)11-4-5-11;7-6-8-3-4-9(6)5-1-2-5/h7-9H,16H2,1-6H3;3,6-9,11H,4-5,15H2,1-2H3;3-5H,1-2H2. The normalized spacial score (nSPS) is 18.5. The number of benzene rings is 2. The number of nitrogens with zero attached hydrogens (tertiary/aromatic N) is 4. The molecule has 4 N–H and O–H groups in total. The van der Waals surface area contributed by atoms with Gasteiger partial charge in [0, 0.05) is 64.4 Å². The van der Waals surface area contributed by atoms with Crippen LogP contribution in [0.15, 0.2) is 65.9 Å². The lowest BCUT2D eigenvalue weighted by atomic mass is 9.79. The van der Waals surface area contributed by atoms with E-state index in [4.69, 9.17) is 20.8 Å². The van der Waals surface area contributed by atoms with E-state index in [0.29, 0.717) is 22.7 Å². The molecule has 2 saturated carbocycles. The SMILES string of the molecule is Brc1nccn1C1CC1.CC1(C)OB(c2ccc(N)c(P(C)(C)=O)c2)OC1(C)C.CP(C)(=O)c1cc(-c2nccn2C2CC2)ccc1N. The van der Waals surface area contributed by atoms with Crippen molar-refractivity contribution < 1.29 is 18.4 Å². The summed E-state index contributed by atoms with van der Waals surface area (Å²) in [5, 5.41) is 1.43. The summed E-state index contributed by atoms with van der Waals surface area (Å²) in [6, 6.07) is 12.5. The zero-order valence-electron chi connectivity index (χ0n) is 29.2. The number of rotatable bonds is 6. The lowest BCUT2D eigenvalue weighted by molar-refractivity contribution is 0.00578. The van der Waals surface area contributed by atoms with Crippen LogP contribution in [0.5, 0.6) is 0 Å². The molecule has 2 aromatic heterocycles. The number of aromatic nitrogens is 4. The molecule has 4 aromatic rings. The van der Waals surface area contributed by atoms with E-state index in [1.54, 1.807) is 32.7 Å². The van der Waals surface area contributed by atoms with E-state index < -0.39 is 21.4 Å². The van der Waals surface area contributed by atoms with E-state index in [9.17, 15) is 9.13 Å². The molecule has 0 bridgehead atoms. The van der Waals surface area contributed by atoms with Crippen LogP contribution in [-0.2, 0) is 18.4 Å². The third-order valence-corrected chi connectivity index (χ3v) is 12.9. The lowest BCUT2D eigenvalue weighted by Crippen LogP contribution is -2.41. The average Bonchev–Trinajstić information content (AvgIpc) is 3.90. The molecule has 0 amide bonds. The van der Waals surface area contributed by atoms with Crippen LogP contribution in [0.4, 0.5) is 11.4 Å². The van der Waals surface area contributed by atoms with Crippen LogP contribution in [0, 0.1) is 0 Å². The van der Waals surface area contributed by atoms with Gasteiger partial charge in [-0.15, -0.1) is 0 Å². The fourth-order valence-corrected chi connectivity index (χ4v) is 8.23. The van der Waals surface area contributed by atoms with Crippen molar-refractivity contribution >= 4 is 64.8 Å². The van der Waals surface area contributed by atoms with Gasteiger partial charge in [0.2, 0.25) is 0 Å². The van der Waals surface area contributed by atoms with Crippen LogP contribution < -0.4 is 27.5 Å². The Morgan fingerprint density at radius 2 is 1.25 bits per heavy atom. The first-order valence-corrected chi connectivity index (χ1v) is 22.3. The second-order valence-electron chi connectivity index (χ2n) is 14.6. The largest absolute Gasteiger partial charge is 0.494 e. The Balaban J connectivity index is 0.000000150. The molecule has 7 rings (SSSR count). The first-order valence-electron chi connectivity index (χ1n) is 16.3. The second kappa shape index (κ2) is 13.6. The topological polar surface area (TPSA) is 140 Å². The van der Waals surface area contributed by atoms with E-state index in [1.807, 2.05) is 82.8 Å². The van der Waals surface area contributed by atoms with Gasteiger partial charge in [0.05, 0.1) is 11.2 Å². The highest BCUT2D eigenvalue weighted by molar-refractivity contribution is 9.10. The molecule has 14 heteroatoms. The Bertz CT molecular complexity index is 1860. The van der Waals surface area contributed by atoms with Gasteiger partial charge in [-0.1, -0.05) is 6.07 Å². The third-order valence-electron chi connectivity index (χ3n) is 9.20. The number of imidazole rings is 2. The van der Waals surface area contributed by atoms with Crippen LogP contribution >= 0.6 is 30.2 Å². The molecule has 1 aliphatic heterocycles. The van der Waals surface area contributed by atoms with Gasteiger partial charge in [0.1, 0.15) is 20.1 Å². The van der Waals surface area contributed by atoms with Crippen molar-refractivity contribution in [1.29, 1.82) is 0 Å². The van der Waals surface area contributed by atoms with E-state index in [-0.39, 0.29) is 11.2 Å². The number of nitrogens with two attached hydrogens (primary N) is 2. The molecule has 48 heavy (non-hydrogen) atoms. The molecule has 3 heterocycles.